The molecule has 2 heterocycles. The van der Waals surface area contributed by atoms with Gasteiger partial charge in [-0.15, -0.1) is 0 Å². The minimum Gasteiger partial charge on any atom is -0.497 e. The van der Waals surface area contributed by atoms with Gasteiger partial charge in [0.2, 0.25) is 0 Å². The number of allylic oxidation sites excluding steroid dienone is 1. The lowest BCUT2D eigenvalue weighted by atomic mass is 9.83. The predicted molar refractivity (Wildman–Crippen MR) is 139 cm³/mol. The molecule has 1 aliphatic carbocycles. The predicted octanol–water partition coefficient (Wildman–Crippen LogP) is 4.34. The fourth-order valence-corrected chi connectivity index (χ4v) is 6.05. The van der Waals surface area contributed by atoms with Crippen LogP contribution < -0.4 is 24.4 Å². The zero-order valence-corrected chi connectivity index (χ0v) is 20.3. The molecule has 35 heavy (non-hydrogen) atoms. The lowest BCUT2D eigenvalue weighted by Crippen LogP contribution is -2.39. The van der Waals surface area contributed by atoms with E-state index < -0.39 is 0 Å². The van der Waals surface area contributed by atoms with E-state index in [0.717, 1.165) is 52.3 Å². The number of benzene rings is 3. The van der Waals surface area contributed by atoms with E-state index in [2.05, 4.69) is 24.3 Å². The maximum absolute atomic E-state index is 13.9. The van der Waals surface area contributed by atoms with Crippen LogP contribution in [0.15, 0.2) is 88.2 Å². The van der Waals surface area contributed by atoms with Crippen LogP contribution in [0.1, 0.15) is 34.7 Å². The molecule has 1 atom stereocenters. The molecule has 6 heteroatoms. The van der Waals surface area contributed by atoms with Crippen molar-refractivity contribution in [2.45, 2.75) is 18.9 Å². The van der Waals surface area contributed by atoms with Gasteiger partial charge in [-0.3, -0.25) is 9.36 Å². The zero-order chi connectivity index (χ0) is 23.9. The van der Waals surface area contributed by atoms with Crippen LogP contribution >= 0.6 is 11.3 Å². The van der Waals surface area contributed by atoms with Gasteiger partial charge in [0.15, 0.2) is 4.80 Å². The average molecular weight is 481 g/mol. The molecule has 5 nitrogen and oxygen atoms in total. The SMILES string of the molecule is COc1ccc(OC)c([C@@H]2C3=C(N=c4sc(=Cc5ccccc5)c(=O)n42)c2ccccc2CC3)c1. The standard InChI is InChI=1S/C29H24N2O3S/c1-33-20-13-15-24(34-2)23(17-20)27-22-14-12-19-10-6-7-11-21(19)26(22)30-29-31(27)28(32)25(35-29)16-18-8-4-3-5-9-18/h3-11,13,15-17,27H,12,14H2,1-2H3/t27-/m0/s1. The van der Waals surface area contributed by atoms with E-state index in [1.807, 2.05) is 59.2 Å². The summed E-state index contributed by atoms with van der Waals surface area (Å²) in [5.41, 5.74) is 6.38. The molecular formula is C29H24N2O3S. The second-order valence-corrected chi connectivity index (χ2v) is 9.64. The second kappa shape index (κ2) is 8.71. The molecule has 4 aromatic rings. The van der Waals surface area contributed by atoms with Gasteiger partial charge in [0.05, 0.1) is 30.5 Å². The third-order valence-corrected chi connectivity index (χ3v) is 7.68. The Kier molecular flexibility index (Phi) is 5.38. The first-order valence-corrected chi connectivity index (χ1v) is 12.4. The van der Waals surface area contributed by atoms with E-state index in [0.29, 0.717) is 9.33 Å². The summed E-state index contributed by atoms with van der Waals surface area (Å²) in [6.07, 6.45) is 3.67. The molecule has 0 radical (unpaired) electrons. The second-order valence-electron chi connectivity index (χ2n) is 8.63. The maximum atomic E-state index is 13.9. The largest absolute Gasteiger partial charge is 0.497 e. The van der Waals surface area contributed by atoms with Gasteiger partial charge >= 0.3 is 0 Å². The molecule has 1 aliphatic heterocycles. The molecule has 0 unspecified atom stereocenters. The Hall–Kier alpha value is -3.90. The van der Waals surface area contributed by atoms with E-state index in [1.165, 1.54) is 16.9 Å². The summed E-state index contributed by atoms with van der Waals surface area (Å²) in [5.74, 6) is 1.45. The number of aryl methyl sites for hydroxylation is 1. The van der Waals surface area contributed by atoms with Crippen LogP contribution in [-0.4, -0.2) is 18.8 Å². The number of methoxy groups -OCH3 is 2. The van der Waals surface area contributed by atoms with Crippen LogP contribution in [0, 0.1) is 0 Å². The summed E-state index contributed by atoms with van der Waals surface area (Å²) < 4.78 is 13.8. The number of hydrogen-bond donors (Lipinski definition) is 0. The number of nitrogens with zero attached hydrogens (tertiary/aromatic N) is 2. The van der Waals surface area contributed by atoms with Crippen molar-refractivity contribution in [2.75, 3.05) is 14.2 Å². The molecule has 2 aliphatic rings. The van der Waals surface area contributed by atoms with Gasteiger partial charge in [-0.2, -0.15) is 0 Å². The molecule has 0 amide bonds. The van der Waals surface area contributed by atoms with E-state index >= 15 is 0 Å². The minimum absolute atomic E-state index is 0.0436. The highest BCUT2D eigenvalue weighted by molar-refractivity contribution is 7.07. The topological polar surface area (TPSA) is 52.8 Å². The molecule has 174 valence electrons. The van der Waals surface area contributed by atoms with Crippen LogP contribution in [0.3, 0.4) is 0 Å². The zero-order valence-electron chi connectivity index (χ0n) is 19.5. The molecule has 6 rings (SSSR count). The summed E-state index contributed by atoms with van der Waals surface area (Å²) >= 11 is 1.43. The van der Waals surface area contributed by atoms with Crippen molar-refractivity contribution in [3.8, 4) is 11.5 Å². The van der Waals surface area contributed by atoms with Crippen molar-refractivity contribution < 1.29 is 9.47 Å². The van der Waals surface area contributed by atoms with Gasteiger partial charge in [0, 0.05) is 11.1 Å². The van der Waals surface area contributed by atoms with Gasteiger partial charge in [-0.1, -0.05) is 65.9 Å². The summed E-state index contributed by atoms with van der Waals surface area (Å²) in [6, 6.07) is 23.8. The van der Waals surface area contributed by atoms with Gasteiger partial charge in [-0.25, -0.2) is 4.99 Å². The number of fused-ring (bicyclic) bond motifs is 3. The average Bonchev–Trinajstić information content (AvgIpc) is 3.21. The first kappa shape index (κ1) is 21.6. The summed E-state index contributed by atoms with van der Waals surface area (Å²) in [4.78, 5) is 19.6. The monoisotopic (exact) mass is 480 g/mol. The van der Waals surface area contributed by atoms with Gasteiger partial charge in [0.25, 0.3) is 5.56 Å². The first-order chi connectivity index (χ1) is 17.2. The Labute approximate surface area is 206 Å². The molecule has 1 aromatic heterocycles. The number of ether oxygens (including phenoxy) is 2. The van der Waals surface area contributed by atoms with Crippen molar-refractivity contribution in [3.63, 3.8) is 0 Å². The van der Waals surface area contributed by atoms with Crippen LogP contribution in [0.2, 0.25) is 0 Å². The summed E-state index contributed by atoms with van der Waals surface area (Å²) in [7, 11) is 3.31. The fourth-order valence-electron chi connectivity index (χ4n) is 5.05. The van der Waals surface area contributed by atoms with Gasteiger partial charge in [-0.05, 0) is 53.8 Å². The minimum atomic E-state index is -0.322. The number of rotatable bonds is 4. The van der Waals surface area contributed by atoms with Gasteiger partial charge in [0.1, 0.15) is 11.5 Å². The van der Waals surface area contributed by atoms with Crippen LogP contribution in [0.5, 0.6) is 11.5 Å². The van der Waals surface area contributed by atoms with Crippen molar-refractivity contribution in [1.82, 2.24) is 4.57 Å². The third kappa shape index (κ3) is 3.61. The van der Waals surface area contributed by atoms with E-state index in [1.54, 1.807) is 14.2 Å². The Bertz CT molecular complexity index is 1650. The highest BCUT2D eigenvalue weighted by Gasteiger charge is 2.34. The van der Waals surface area contributed by atoms with Crippen LogP contribution in [0.25, 0.3) is 11.8 Å². The van der Waals surface area contributed by atoms with Crippen LogP contribution in [0.4, 0.5) is 0 Å². The molecule has 0 saturated carbocycles. The first-order valence-electron chi connectivity index (χ1n) is 11.6. The van der Waals surface area contributed by atoms with E-state index in [-0.39, 0.29) is 11.6 Å². The van der Waals surface area contributed by atoms with Crippen molar-refractivity contribution in [3.05, 3.63) is 120 Å². The molecule has 3 aromatic carbocycles. The third-order valence-electron chi connectivity index (χ3n) is 6.70. The normalized spacial score (nSPS) is 16.7. The van der Waals surface area contributed by atoms with Crippen molar-refractivity contribution in [1.29, 1.82) is 0 Å². The summed E-state index contributed by atoms with van der Waals surface area (Å²) in [6.45, 7) is 0. The maximum Gasteiger partial charge on any atom is 0.271 e. The van der Waals surface area contributed by atoms with Gasteiger partial charge < -0.3 is 9.47 Å². The molecule has 0 fully saturated rings. The number of aromatic nitrogens is 1. The Balaban J connectivity index is 1.67. The number of thiazole rings is 1. The quantitative estimate of drug-likeness (QED) is 0.437. The molecular weight excluding hydrogens is 456 g/mol. The summed E-state index contributed by atoms with van der Waals surface area (Å²) in [5, 5.41) is 0. The highest BCUT2D eigenvalue weighted by atomic mass is 32.1. The molecule has 0 saturated heterocycles. The Morgan fingerprint density at radius 1 is 0.971 bits per heavy atom. The molecule has 0 N–H and O–H groups in total. The molecule has 0 bridgehead atoms. The Morgan fingerprint density at radius 3 is 2.57 bits per heavy atom. The number of hydrogen-bond acceptors (Lipinski definition) is 5. The molecule has 0 spiro atoms. The van der Waals surface area contributed by atoms with Crippen molar-refractivity contribution >= 4 is 23.1 Å². The lowest BCUT2D eigenvalue weighted by Gasteiger charge is -2.31. The highest BCUT2D eigenvalue weighted by Crippen LogP contribution is 2.44. The Morgan fingerprint density at radius 2 is 1.77 bits per heavy atom. The lowest BCUT2D eigenvalue weighted by molar-refractivity contribution is 0.392. The van der Waals surface area contributed by atoms with Crippen molar-refractivity contribution in [2.24, 2.45) is 4.99 Å². The smallest absolute Gasteiger partial charge is 0.271 e. The van der Waals surface area contributed by atoms with E-state index in [4.69, 9.17) is 14.5 Å². The van der Waals surface area contributed by atoms with Crippen LogP contribution in [-0.2, 0) is 6.42 Å². The fraction of sp³-hybridized carbons (Fsp3) is 0.172. The van der Waals surface area contributed by atoms with E-state index in [9.17, 15) is 4.79 Å².